The minimum Gasteiger partial charge on any atom is -0.497 e. The Balaban J connectivity index is 2.40. The Kier molecular flexibility index (Phi) is 7.32. The molecule has 23 heavy (non-hydrogen) atoms. The molecule has 1 aromatic rings. The number of carbonyl (C=O) groups excluding carboxylic acids is 3. The van der Waals surface area contributed by atoms with Crippen molar-refractivity contribution in [1.82, 2.24) is 10.6 Å². The summed E-state index contributed by atoms with van der Waals surface area (Å²) in [5.41, 5.74) is 0.752. The molecule has 0 atom stereocenters. The van der Waals surface area contributed by atoms with E-state index in [1.54, 1.807) is 45.2 Å². The van der Waals surface area contributed by atoms with Crippen molar-refractivity contribution >= 4 is 24.0 Å². The van der Waals surface area contributed by atoms with E-state index in [1.807, 2.05) is 5.32 Å². The van der Waals surface area contributed by atoms with Gasteiger partial charge in [0.05, 0.1) is 7.11 Å². The zero-order valence-corrected chi connectivity index (χ0v) is 13.3. The smallest absolute Gasteiger partial charge is 0.331 e. The van der Waals surface area contributed by atoms with Crippen molar-refractivity contribution in [2.45, 2.75) is 19.9 Å². The van der Waals surface area contributed by atoms with Gasteiger partial charge < -0.3 is 14.8 Å². The Labute approximate surface area is 134 Å². The molecule has 7 nitrogen and oxygen atoms in total. The lowest BCUT2D eigenvalue weighted by atomic mass is 10.2. The molecule has 0 aliphatic carbocycles. The topological polar surface area (TPSA) is 93.7 Å². The first-order chi connectivity index (χ1) is 10.9. The summed E-state index contributed by atoms with van der Waals surface area (Å²) in [6, 6.07) is 6.36. The SMILES string of the molecule is COc1cccc(/C=C/C(=O)OCC(=O)NC(=O)NC(C)C)c1. The van der Waals surface area contributed by atoms with Crippen LogP contribution in [0.15, 0.2) is 30.3 Å². The molecule has 0 fully saturated rings. The highest BCUT2D eigenvalue weighted by Crippen LogP contribution is 2.13. The third-order valence-corrected chi connectivity index (χ3v) is 2.52. The lowest BCUT2D eigenvalue weighted by Crippen LogP contribution is -2.43. The van der Waals surface area contributed by atoms with E-state index < -0.39 is 24.5 Å². The minimum absolute atomic E-state index is 0.101. The van der Waals surface area contributed by atoms with Gasteiger partial charge in [0.1, 0.15) is 5.75 Å². The normalized spacial score (nSPS) is 10.4. The highest BCUT2D eigenvalue weighted by atomic mass is 16.5. The maximum absolute atomic E-state index is 11.5. The minimum atomic E-state index is -0.703. The number of urea groups is 1. The van der Waals surface area contributed by atoms with Gasteiger partial charge in [-0.15, -0.1) is 0 Å². The van der Waals surface area contributed by atoms with E-state index in [-0.39, 0.29) is 6.04 Å². The van der Waals surface area contributed by atoms with Crippen LogP contribution in [0.5, 0.6) is 5.75 Å². The van der Waals surface area contributed by atoms with Gasteiger partial charge in [-0.2, -0.15) is 0 Å². The molecule has 0 saturated heterocycles. The first-order valence-electron chi connectivity index (χ1n) is 7.00. The molecule has 0 radical (unpaired) electrons. The van der Waals surface area contributed by atoms with E-state index >= 15 is 0 Å². The maximum atomic E-state index is 11.5. The number of rotatable bonds is 6. The van der Waals surface area contributed by atoms with Crippen LogP contribution in [0.3, 0.4) is 0 Å². The molecule has 1 rings (SSSR count). The zero-order valence-electron chi connectivity index (χ0n) is 13.3. The van der Waals surface area contributed by atoms with Gasteiger partial charge in [0.25, 0.3) is 5.91 Å². The summed E-state index contributed by atoms with van der Waals surface area (Å²) >= 11 is 0. The molecule has 0 heterocycles. The molecule has 0 unspecified atom stereocenters. The Morgan fingerprint density at radius 1 is 1.26 bits per heavy atom. The number of carbonyl (C=O) groups is 3. The van der Waals surface area contributed by atoms with E-state index in [0.29, 0.717) is 5.75 Å². The van der Waals surface area contributed by atoms with Crippen LogP contribution >= 0.6 is 0 Å². The van der Waals surface area contributed by atoms with Crippen molar-refractivity contribution in [3.8, 4) is 5.75 Å². The summed E-state index contributed by atoms with van der Waals surface area (Å²) in [5, 5.41) is 4.53. The first-order valence-corrected chi connectivity index (χ1v) is 7.00. The average Bonchev–Trinajstić information content (AvgIpc) is 2.50. The van der Waals surface area contributed by atoms with Gasteiger partial charge in [0.2, 0.25) is 0 Å². The van der Waals surface area contributed by atoms with Crippen LogP contribution in [0.4, 0.5) is 4.79 Å². The molecule has 0 bridgehead atoms. The van der Waals surface area contributed by atoms with Crippen LogP contribution in [-0.4, -0.2) is 37.7 Å². The summed E-state index contributed by atoms with van der Waals surface area (Å²) < 4.78 is 9.80. The summed E-state index contributed by atoms with van der Waals surface area (Å²) in [6.45, 7) is 2.98. The summed E-state index contributed by atoms with van der Waals surface area (Å²) in [7, 11) is 1.55. The molecule has 0 spiro atoms. The molecular weight excluding hydrogens is 300 g/mol. The lowest BCUT2D eigenvalue weighted by molar-refractivity contribution is -0.143. The number of methoxy groups -OCH3 is 1. The number of esters is 1. The number of ether oxygens (including phenoxy) is 2. The number of nitrogens with one attached hydrogen (secondary N) is 2. The third-order valence-electron chi connectivity index (χ3n) is 2.52. The molecule has 2 N–H and O–H groups in total. The van der Waals surface area contributed by atoms with Crippen LogP contribution in [0, 0.1) is 0 Å². The van der Waals surface area contributed by atoms with Gasteiger partial charge in [0.15, 0.2) is 6.61 Å². The van der Waals surface area contributed by atoms with E-state index in [9.17, 15) is 14.4 Å². The van der Waals surface area contributed by atoms with Crippen LogP contribution in [0.2, 0.25) is 0 Å². The highest BCUT2D eigenvalue weighted by Gasteiger charge is 2.10. The number of hydrogen-bond donors (Lipinski definition) is 2. The fourth-order valence-corrected chi connectivity index (χ4v) is 1.56. The Morgan fingerprint density at radius 2 is 2.00 bits per heavy atom. The maximum Gasteiger partial charge on any atom is 0.331 e. The van der Waals surface area contributed by atoms with Crippen molar-refractivity contribution < 1.29 is 23.9 Å². The Hall–Kier alpha value is -2.83. The summed E-state index contributed by atoms with van der Waals surface area (Å²) in [4.78, 5) is 34.2. The van der Waals surface area contributed by atoms with Crippen molar-refractivity contribution in [2.24, 2.45) is 0 Å². The Bertz CT molecular complexity index is 596. The first kappa shape index (κ1) is 18.2. The molecule has 0 aliphatic heterocycles. The Morgan fingerprint density at radius 3 is 2.65 bits per heavy atom. The van der Waals surface area contributed by atoms with Crippen LogP contribution in [0.25, 0.3) is 6.08 Å². The predicted octanol–water partition coefficient (Wildman–Crippen LogP) is 1.49. The second-order valence-corrected chi connectivity index (χ2v) is 4.89. The second-order valence-electron chi connectivity index (χ2n) is 4.89. The van der Waals surface area contributed by atoms with Crippen molar-refractivity contribution in [2.75, 3.05) is 13.7 Å². The van der Waals surface area contributed by atoms with Gasteiger partial charge >= 0.3 is 12.0 Å². The standard InChI is InChI=1S/C16H20N2O5/c1-11(2)17-16(21)18-14(19)10-23-15(20)8-7-12-5-4-6-13(9-12)22-3/h4-9,11H,10H2,1-3H3,(H2,17,18,19,21)/b8-7+. The van der Waals surface area contributed by atoms with Crippen molar-refractivity contribution in [3.63, 3.8) is 0 Å². The van der Waals surface area contributed by atoms with E-state index in [1.165, 1.54) is 12.2 Å². The van der Waals surface area contributed by atoms with E-state index in [4.69, 9.17) is 9.47 Å². The van der Waals surface area contributed by atoms with E-state index in [0.717, 1.165) is 5.56 Å². The zero-order chi connectivity index (χ0) is 17.2. The molecule has 0 aliphatic rings. The van der Waals surface area contributed by atoms with Crippen LogP contribution in [0.1, 0.15) is 19.4 Å². The second kappa shape index (κ2) is 9.24. The molecule has 1 aromatic carbocycles. The largest absolute Gasteiger partial charge is 0.497 e. The summed E-state index contributed by atoms with van der Waals surface area (Å²) in [6.07, 6.45) is 2.73. The fraction of sp³-hybridized carbons (Fsp3) is 0.312. The average molecular weight is 320 g/mol. The number of amides is 3. The number of hydrogen-bond acceptors (Lipinski definition) is 5. The van der Waals surface area contributed by atoms with Crippen molar-refractivity contribution in [3.05, 3.63) is 35.9 Å². The quantitative estimate of drug-likeness (QED) is 0.612. The lowest BCUT2D eigenvalue weighted by Gasteiger charge is -2.08. The van der Waals surface area contributed by atoms with Crippen LogP contribution in [-0.2, 0) is 14.3 Å². The van der Waals surface area contributed by atoms with E-state index in [2.05, 4.69) is 5.32 Å². The van der Waals surface area contributed by atoms with Gasteiger partial charge in [-0.3, -0.25) is 10.1 Å². The molecule has 7 heteroatoms. The molecular formula is C16H20N2O5. The number of imide groups is 1. The van der Waals surface area contributed by atoms with Gasteiger partial charge in [-0.25, -0.2) is 9.59 Å². The number of benzene rings is 1. The third kappa shape index (κ3) is 7.66. The molecule has 0 aromatic heterocycles. The van der Waals surface area contributed by atoms with Gasteiger partial charge in [-0.05, 0) is 37.6 Å². The van der Waals surface area contributed by atoms with Crippen molar-refractivity contribution in [1.29, 1.82) is 0 Å². The van der Waals surface area contributed by atoms with Crippen LogP contribution < -0.4 is 15.4 Å². The summed E-state index contributed by atoms with van der Waals surface area (Å²) in [5.74, 6) is -0.727. The van der Waals surface area contributed by atoms with Gasteiger partial charge in [-0.1, -0.05) is 12.1 Å². The predicted molar refractivity (Wildman–Crippen MR) is 84.8 cm³/mol. The van der Waals surface area contributed by atoms with Gasteiger partial charge in [0, 0.05) is 12.1 Å². The monoisotopic (exact) mass is 320 g/mol. The highest BCUT2D eigenvalue weighted by molar-refractivity contribution is 5.96. The fourth-order valence-electron chi connectivity index (χ4n) is 1.56. The molecule has 0 saturated carbocycles. The molecule has 124 valence electrons. The molecule has 3 amide bonds.